The molecule has 2 amide bonds. The monoisotopic (exact) mass is 361 g/mol. The van der Waals surface area contributed by atoms with Gasteiger partial charge in [-0.2, -0.15) is 4.31 Å². The van der Waals surface area contributed by atoms with Crippen LogP contribution in [0, 0.1) is 0 Å². The smallest absolute Gasteiger partial charge is 0.247 e. The summed E-state index contributed by atoms with van der Waals surface area (Å²) in [4.78, 5) is 27.0. The van der Waals surface area contributed by atoms with Gasteiger partial charge in [0.05, 0.1) is 6.54 Å². The molecule has 1 aromatic rings. The van der Waals surface area contributed by atoms with Crippen molar-refractivity contribution in [3.63, 3.8) is 0 Å². The largest absolute Gasteiger partial charge is 0.294 e. The van der Waals surface area contributed by atoms with E-state index in [-0.39, 0.29) is 4.90 Å². The number of aromatic nitrogens is 1. The molecule has 0 unspecified atom stereocenters. The lowest BCUT2D eigenvalue weighted by Gasteiger charge is -2.38. The molecule has 7 nitrogen and oxygen atoms in total. The molecule has 1 aromatic heterocycles. The Kier molecular flexibility index (Phi) is 3.69. The zero-order valence-corrected chi connectivity index (χ0v) is 13.2. The lowest BCUT2D eigenvalue weighted by atomic mass is 10.0. The van der Waals surface area contributed by atoms with Crippen LogP contribution in [0.2, 0.25) is 0 Å². The molecule has 0 aliphatic carbocycles. The fourth-order valence-electron chi connectivity index (χ4n) is 1.81. The van der Waals surface area contributed by atoms with Gasteiger partial charge in [-0.1, -0.05) is 0 Å². The molecule has 1 saturated heterocycles. The van der Waals surface area contributed by atoms with Gasteiger partial charge in [0, 0.05) is 16.9 Å². The van der Waals surface area contributed by atoms with E-state index in [0.29, 0.717) is 4.47 Å². The highest BCUT2D eigenvalue weighted by atomic mass is 79.9. The summed E-state index contributed by atoms with van der Waals surface area (Å²) in [6.07, 6.45) is 2.62. The first kappa shape index (κ1) is 15.1. The van der Waals surface area contributed by atoms with E-state index in [0.717, 1.165) is 4.31 Å². The molecule has 0 aromatic carbocycles. The van der Waals surface area contributed by atoms with Gasteiger partial charge in [-0.15, -0.1) is 0 Å². The molecule has 1 aliphatic heterocycles. The van der Waals surface area contributed by atoms with Gasteiger partial charge in [0.25, 0.3) is 0 Å². The Morgan fingerprint density at radius 1 is 1.35 bits per heavy atom. The second-order valence-electron chi connectivity index (χ2n) is 4.79. The normalized spacial score (nSPS) is 19.8. The molecular weight excluding hydrogens is 350 g/mol. The number of piperazine rings is 1. The maximum Gasteiger partial charge on any atom is 0.247 e. The van der Waals surface area contributed by atoms with E-state index in [1.807, 2.05) is 0 Å². The molecule has 1 N–H and O–H groups in total. The first-order valence-corrected chi connectivity index (χ1v) is 7.86. The van der Waals surface area contributed by atoms with Gasteiger partial charge in [0.15, 0.2) is 0 Å². The number of carbonyl (C=O) groups excluding carboxylic acids is 2. The van der Waals surface area contributed by atoms with Crippen molar-refractivity contribution in [2.75, 3.05) is 6.54 Å². The summed E-state index contributed by atoms with van der Waals surface area (Å²) in [6.45, 7) is 2.48. The number of pyridine rings is 1. The van der Waals surface area contributed by atoms with Crippen LogP contribution in [0.3, 0.4) is 0 Å². The molecule has 0 saturated carbocycles. The van der Waals surface area contributed by atoms with E-state index in [4.69, 9.17) is 0 Å². The number of nitrogens with one attached hydrogen (secondary N) is 1. The number of halogens is 1. The molecular formula is C11H12BrN3O4S. The summed E-state index contributed by atoms with van der Waals surface area (Å²) < 4.78 is 26.5. The van der Waals surface area contributed by atoms with Crippen molar-refractivity contribution in [2.24, 2.45) is 0 Å². The minimum atomic E-state index is -4.00. The molecule has 20 heavy (non-hydrogen) atoms. The molecule has 2 heterocycles. The van der Waals surface area contributed by atoms with Crippen LogP contribution >= 0.6 is 15.9 Å². The van der Waals surface area contributed by atoms with Gasteiger partial charge >= 0.3 is 0 Å². The number of hydrogen-bond acceptors (Lipinski definition) is 5. The zero-order valence-electron chi connectivity index (χ0n) is 10.8. The number of rotatable bonds is 2. The van der Waals surface area contributed by atoms with Gasteiger partial charge in [0.2, 0.25) is 21.8 Å². The average molecular weight is 362 g/mol. The second kappa shape index (κ2) is 4.90. The second-order valence-corrected chi connectivity index (χ2v) is 7.56. The van der Waals surface area contributed by atoms with E-state index in [1.54, 1.807) is 0 Å². The Labute approximate surface area is 124 Å². The van der Waals surface area contributed by atoms with Crippen LogP contribution in [-0.4, -0.2) is 41.6 Å². The standard InChI is InChI=1S/C11H12BrN3O4S/c1-11(2)10(17)14-9(16)6-15(11)20(18,19)8-3-7(12)4-13-5-8/h3-5H,6H2,1-2H3,(H,14,16,17). The van der Waals surface area contributed by atoms with Gasteiger partial charge in [0.1, 0.15) is 10.4 Å². The SMILES string of the molecule is CC1(C)C(=O)NC(=O)CN1S(=O)(=O)c1cncc(Br)c1. The quantitative estimate of drug-likeness (QED) is 0.762. The average Bonchev–Trinajstić information content (AvgIpc) is 2.34. The number of imide groups is 1. The molecule has 108 valence electrons. The fraction of sp³-hybridized carbons (Fsp3) is 0.364. The maximum absolute atomic E-state index is 12.6. The van der Waals surface area contributed by atoms with E-state index in [2.05, 4.69) is 26.2 Å². The summed E-state index contributed by atoms with van der Waals surface area (Å²) in [5.41, 5.74) is -1.35. The molecule has 0 bridgehead atoms. The third-order valence-electron chi connectivity index (χ3n) is 2.99. The fourth-order valence-corrected chi connectivity index (χ4v) is 4.02. The lowest BCUT2D eigenvalue weighted by molar-refractivity contribution is -0.141. The van der Waals surface area contributed by atoms with Crippen molar-refractivity contribution in [3.05, 3.63) is 22.9 Å². The molecule has 0 radical (unpaired) electrons. The van der Waals surface area contributed by atoms with Crippen LogP contribution in [0.1, 0.15) is 13.8 Å². The predicted octanol–water partition coefficient (Wildman–Crippen LogP) is 0.270. The molecule has 0 atom stereocenters. The van der Waals surface area contributed by atoms with Crippen LogP contribution < -0.4 is 5.32 Å². The lowest BCUT2D eigenvalue weighted by Crippen LogP contribution is -2.65. The van der Waals surface area contributed by atoms with Crippen LogP contribution in [0.15, 0.2) is 27.8 Å². The van der Waals surface area contributed by atoms with Crippen molar-refractivity contribution < 1.29 is 18.0 Å². The van der Waals surface area contributed by atoms with Crippen LogP contribution in [0.5, 0.6) is 0 Å². The number of hydrogen-bond donors (Lipinski definition) is 1. The van der Waals surface area contributed by atoms with Gasteiger partial charge in [-0.25, -0.2) is 8.42 Å². The summed E-state index contributed by atoms with van der Waals surface area (Å²) in [6, 6.07) is 1.37. The maximum atomic E-state index is 12.6. The van der Waals surface area contributed by atoms with E-state index >= 15 is 0 Å². The summed E-state index contributed by atoms with van der Waals surface area (Å²) in [7, 11) is -4.00. The summed E-state index contributed by atoms with van der Waals surface area (Å²) >= 11 is 3.14. The van der Waals surface area contributed by atoms with Crippen molar-refractivity contribution in [1.29, 1.82) is 0 Å². The van der Waals surface area contributed by atoms with Crippen LogP contribution in [0.25, 0.3) is 0 Å². The number of sulfonamides is 1. The van der Waals surface area contributed by atoms with E-state index in [1.165, 1.54) is 32.3 Å². The van der Waals surface area contributed by atoms with E-state index < -0.39 is 33.9 Å². The minimum Gasteiger partial charge on any atom is -0.294 e. The Balaban J connectivity index is 2.52. The molecule has 0 spiro atoms. The first-order chi connectivity index (χ1) is 9.15. The highest BCUT2D eigenvalue weighted by molar-refractivity contribution is 9.10. The van der Waals surface area contributed by atoms with Crippen molar-refractivity contribution in [2.45, 2.75) is 24.3 Å². The van der Waals surface area contributed by atoms with Crippen LogP contribution in [-0.2, 0) is 19.6 Å². The van der Waals surface area contributed by atoms with Gasteiger partial charge in [-0.05, 0) is 35.8 Å². The Morgan fingerprint density at radius 2 is 2.00 bits per heavy atom. The zero-order chi connectivity index (χ0) is 15.1. The minimum absolute atomic E-state index is 0.0811. The van der Waals surface area contributed by atoms with Crippen molar-refractivity contribution in [3.8, 4) is 0 Å². The number of amides is 2. The van der Waals surface area contributed by atoms with Crippen LogP contribution in [0.4, 0.5) is 0 Å². The summed E-state index contributed by atoms with van der Waals surface area (Å²) in [5, 5.41) is 2.13. The third kappa shape index (κ3) is 2.48. The van der Waals surface area contributed by atoms with Gasteiger partial charge in [-0.3, -0.25) is 19.9 Å². The number of carbonyl (C=O) groups is 2. The third-order valence-corrected chi connectivity index (χ3v) is 5.41. The molecule has 9 heteroatoms. The highest BCUT2D eigenvalue weighted by Crippen LogP contribution is 2.27. The Bertz CT molecular complexity index is 687. The molecule has 1 aliphatic rings. The summed E-state index contributed by atoms with van der Waals surface area (Å²) in [5.74, 6) is -1.30. The highest BCUT2D eigenvalue weighted by Gasteiger charge is 2.47. The predicted molar refractivity (Wildman–Crippen MR) is 73.1 cm³/mol. The van der Waals surface area contributed by atoms with Crippen molar-refractivity contribution in [1.82, 2.24) is 14.6 Å². The Hall–Kier alpha value is -1.32. The van der Waals surface area contributed by atoms with Crippen molar-refractivity contribution >= 4 is 37.8 Å². The molecule has 1 fully saturated rings. The Morgan fingerprint density at radius 3 is 2.60 bits per heavy atom. The number of nitrogens with zero attached hydrogens (tertiary/aromatic N) is 2. The van der Waals surface area contributed by atoms with Gasteiger partial charge < -0.3 is 0 Å². The first-order valence-electron chi connectivity index (χ1n) is 5.63. The molecule has 2 rings (SSSR count). The topological polar surface area (TPSA) is 96.4 Å². The van der Waals surface area contributed by atoms with E-state index in [9.17, 15) is 18.0 Å².